The predicted octanol–water partition coefficient (Wildman–Crippen LogP) is 2.31. The Hall–Kier alpha value is -2.37. The summed E-state index contributed by atoms with van der Waals surface area (Å²) in [7, 11) is 1.87. The fourth-order valence-electron chi connectivity index (χ4n) is 1.91. The van der Waals surface area contributed by atoms with Crippen LogP contribution in [-0.2, 0) is 0 Å². The van der Waals surface area contributed by atoms with Gasteiger partial charge in [0.1, 0.15) is 12.0 Å². The van der Waals surface area contributed by atoms with E-state index < -0.39 is 4.92 Å². The van der Waals surface area contributed by atoms with Crippen LogP contribution in [0.3, 0.4) is 0 Å². The predicted molar refractivity (Wildman–Crippen MR) is 68.6 cm³/mol. The number of hydrogen-bond donors (Lipinski definition) is 0. The van der Waals surface area contributed by atoms with Crippen LogP contribution in [0.4, 0.5) is 11.5 Å². The second-order valence-corrected chi connectivity index (χ2v) is 4.08. The van der Waals surface area contributed by atoms with Gasteiger partial charge in [0.15, 0.2) is 0 Å². The summed E-state index contributed by atoms with van der Waals surface area (Å²) in [6, 6.07) is 7.11. The van der Waals surface area contributed by atoms with Crippen LogP contribution in [-0.4, -0.2) is 21.6 Å². The smallest absolute Gasteiger partial charge is 0.267 e. The van der Waals surface area contributed by atoms with Crippen LogP contribution in [0, 0.1) is 24.0 Å². The largest absolute Gasteiger partial charge is 0.287 e. The van der Waals surface area contributed by atoms with Gasteiger partial charge in [-0.15, -0.1) is 0 Å². The summed E-state index contributed by atoms with van der Waals surface area (Å²) in [6.07, 6.45) is 1.26. The maximum atomic E-state index is 10.6. The van der Waals surface area contributed by atoms with Gasteiger partial charge in [-0.2, -0.15) is 0 Å². The molecule has 0 unspecified atom stereocenters. The van der Waals surface area contributed by atoms with Crippen molar-refractivity contribution >= 4 is 11.5 Å². The molecule has 2 heterocycles. The number of anilines is 1. The molecule has 0 amide bonds. The van der Waals surface area contributed by atoms with E-state index in [2.05, 4.69) is 4.98 Å². The number of aryl methyl sites for hydroxylation is 2. The highest BCUT2D eigenvalue weighted by Gasteiger charge is 2.11. The highest BCUT2D eigenvalue weighted by atomic mass is 16.6. The molecule has 0 atom stereocenters. The lowest BCUT2D eigenvalue weighted by Crippen LogP contribution is -2.27. The summed E-state index contributed by atoms with van der Waals surface area (Å²) in [4.78, 5) is 14.2. The van der Waals surface area contributed by atoms with Gasteiger partial charge in [0.25, 0.3) is 5.69 Å². The first-order chi connectivity index (χ1) is 8.50. The second kappa shape index (κ2) is 4.48. The van der Waals surface area contributed by atoms with Gasteiger partial charge in [0, 0.05) is 24.5 Å². The van der Waals surface area contributed by atoms with Crippen LogP contribution in [0.5, 0.6) is 0 Å². The molecular formula is C12H14N4O2. The first-order valence-electron chi connectivity index (χ1n) is 5.50. The van der Waals surface area contributed by atoms with Crippen molar-refractivity contribution in [3.05, 3.63) is 52.0 Å². The SMILES string of the molecule is Cc1ccc(C)n1N(C)c1ccc([N+](=O)[O-])cn1. The quantitative estimate of drug-likeness (QED) is 0.615. The average molecular weight is 246 g/mol. The molecular weight excluding hydrogens is 232 g/mol. The van der Waals surface area contributed by atoms with Gasteiger partial charge in [-0.05, 0) is 32.0 Å². The molecule has 0 saturated heterocycles. The monoisotopic (exact) mass is 246 g/mol. The number of rotatable bonds is 3. The van der Waals surface area contributed by atoms with Crippen LogP contribution in [0.1, 0.15) is 11.4 Å². The molecule has 0 fully saturated rings. The molecule has 0 spiro atoms. The molecule has 2 rings (SSSR count). The Morgan fingerprint density at radius 1 is 1.22 bits per heavy atom. The zero-order valence-electron chi connectivity index (χ0n) is 10.5. The van der Waals surface area contributed by atoms with Crippen molar-refractivity contribution in [3.63, 3.8) is 0 Å². The topological polar surface area (TPSA) is 64.2 Å². The Balaban J connectivity index is 2.34. The molecule has 0 bridgehead atoms. The first kappa shape index (κ1) is 12.1. The Labute approximate surface area is 105 Å². The number of pyridine rings is 1. The molecule has 0 aromatic carbocycles. The molecule has 18 heavy (non-hydrogen) atoms. The Morgan fingerprint density at radius 3 is 2.28 bits per heavy atom. The maximum absolute atomic E-state index is 10.6. The van der Waals surface area contributed by atoms with Crippen molar-refractivity contribution < 1.29 is 4.92 Å². The van der Waals surface area contributed by atoms with Crippen LogP contribution >= 0.6 is 0 Å². The molecule has 6 heteroatoms. The van der Waals surface area contributed by atoms with Crippen LogP contribution < -0.4 is 5.01 Å². The lowest BCUT2D eigenvalue weighted by atomic mass is 10.4. The number of nitro groups is 1. The first-order valence-corrected chi connectivity index (χ1v) is 5.50. The van der Waals surface area contributed by atoms with Crippen LogP contribution in [0.2, 0.25) is 0 Å². The van der Waals surface area contributed by atoms with Gasteiger partial charge < -0.3 is 0 Å². The van der Waals surface area contributed by atoms with Gasteiger partial charge in [0.2, 0.25) is 0 Å². The Kier molecular flexibility index (Phi) is 3.01. The van der Waals surface area contributed by atoms with E-state index >= 15 is 0 Å². The van der Waals surface area contributed by atoms with Crippen molar-refractivity contribution in [1.29, 1.82) is 0 Å². The van der Waals surface area contributed by atoms with Crippen molar-refractivity contribution in [3.8, 4) is 0 Å². The Bertz CT molecular complexity index is 555. The lowest BCUT2D eigenvalue weighted by Gasteiger charge is -2.23. The zero-order valence-corrected chi connectivity index (χ0v) is 10.5. The number of nitrogens with zero attached hydrogens (tertiary/aromatic N) is 4. The highest BCUT2D eigenvalue weighted by Crippen LogP contribution is 2.18. The van der Waals surface area contributed by atoms with E-state index in [1.165, 1.54) is 12.3 Å². The third-order valence-corrected chi connectivity index (χ3v) is 2.81. The zero-order chi connectivity index (χ0) is 13.3. The molecule has 2 aromatic heterocycles. The van der Waals surface area contributed by atoms with Crippen molar-refractivity contribution in [2.45, 2.75) is 13.8 Å². The lowest BCUT2D eigenvalue weighted by molar-refractivity contribution is -0.385. The summed E-state index contributed by atoms with van der Waals surface area (Å²) >= 11 is 0. The van der Waals surface area contributed by atoms with E-state index in [-0.39, 0.29) is 5.69 Å². The van der Waals surface area contributed by atoms with E-state index in [9.17, 15) is 10.1 Å². The normalized spacial score (nSPS) is 10.4. The molecule has 2 aromatic rings. The molecule has 0 saturated carbocycles. The van der Waals surface area contributed by atoms with E-state index in [1.54, 1.807) is 6.07 Å². The van der Waals surface area contributed by atoms with E-state index in [0.717, 1.165) is 11.4 Å². The number of hydrogen-bond acceptors (Lipinski definition) is 4. The molecule has 0 radical (unpaired) electrons. The molecule has 0 aliphatic carbocycles. The highest BCUT2D eigenvalue weighted by molar-refractivity contribution is 5.43. The fourth-order valence-corrected chi connectivity index (χ4v) is 1.91. The van der Waals surface area contributed by atoms with Gasteiger partial charge in [-0.25, -0.2) is 4.98 Å². The summed E-state index contributed by atoms with van der Waals surface area (Å²) in [5, 5.41) is 12.4. The minimum absolute atomic E-state index is 0.00639. The van der Waals surface area contributed by atoms with E-state index in [0.29, 0.717) is 5.82 Å². The number of aromatic nitrogens is 2. The minimum Gasteiger partial charge on any atom is -0.267 e. The van der Waals surface area contributed by atoms with Crippen molar-refractivity contribution in [2.75, 3.05) is 12.1 Å². The molecule has 0 aliphatic rings. The maximum Gasteiger partial charge on any atom is 0.287 e. The van der Waals surface area contributed by atoms with Crippen molar-refractivity contribution in [2.24, 2.45) is 0 Å². The molecule has 6 nitrogen and oxygen atoms in total. The van der Waals surface area contributed by atoms with Gasteiger partial charge in [-0.3, -0.25) is 19.8 Å². The van der Waals surface area contributed by atoms with Gasteiger partial charge >= 0.3 is 0 Å². The minimum atomic E-state index is -0.455. The summed E-state index contributed by atoms with van der Waals surface area (Å²) in [6.45, 7) is 3.99. The summed E-state index contributed by atoms with van der Waals surface area (Å²) in [5.74, 6) is 0.656. The molecule has 0 N–H and O–H groups in total. The van der Waals surface area contributed by atoms with Crippen LogP contribution in [0.25, 0.3) is 0 Å². The van der Waals surface area contributed by atoms with Crippen LogP contribution in [0.15, 0.2) is 30.5 Å². The van der Waals surface area contributed by atoms with E-state index in [4.69, 9.17) is 0 Å². The summed E-state index contributed by atoms with van der Waals surface area (Å²) in [5.41, 5.74) is 2.15. The second-order valence-electron chi connectivity index (χ2n) is 4.08. The third kappa shape index (κ3) is 2.04. The molecule has 94 valence electrons. The molecule has 0 aliphatic heterocycles. The third-order valence-electron chi connectivity index (χ3n) is 2.81. The van der Waals surface area contributed by atoms with E-state index in [1.807, 2.05) is 42.7 Å². The average Bonchev–Trinajstić information content (AvgIpc) is 2.68. The Morgan fingerprint density at radius 2 is 1.83 bits per heavy atom. The van der Waals surface area contributed by atoms with Gasteiger partial charge in [0.05, 0.1) is 4.92 Å². The van der Waals surface area contributed by atoms with Gasteiger partial charge in [-0.1, -0.05) is 0 Å². The standard InChI is InChI=1S/C12H14N4O2/c1-9-4-5-10(2)15(9)14(3)12-7-6-11(8-13-12)16(17)18/h4-8H,1-3H3. The fraction of sp³-hybridized carbons (Fsp3) is 0.250. The van der Waals surface area contributed by atoms with Crippen molar-refractivity contribution in [1.82, 2.24) is 9.66 Å². The summed E-state index contributed by atoms with van der Waals surface area (Å²) < 4.78 is 1.99.